The van der Waals surface area contributed by atoms with Crippen LogP contribution in [0.4, 0.5) is 4.39 Å². The van der Waals surface area contributed by atoms with Crippen LogP contribution in [0.3, 0.4) is 0 Å². The molecule has 0 radical (unpaired) electrons. The van der Waals surface area contributed by atoms with Gasteiger partial charge in [-0.3, -0.25) is 4.79 Å². The van der Waals surface area contributed by atoms with Gasteiger partial charge < -0.3 is 14.4 Å². The number of hydrogen-bond acceptors (Lipinski definition) is 3. The first kappa shape index (κ1) is 17.0. The zero-order valence-electron chi connectivity index (χ0n) is 13.8. The second-order valence-corrected chi connectivity index (χ2v) is 5.84. The van der Waals surface area contributed by atoms with Crippen LogP contribution in [0.25, 0.3) is 5.57 Å². The van der Waals surface area contributed by atoms with Crippen LogP contribution >= 0.6 is 0 Å². The Hall–Kier alpha value is -2.89. The maximum absolute atomic E-state index is 13.0. The second kappa shape index (κ2) is 6.93. The van der Waals surface area contributed by atoms with Crippen molar-refractivity contribution >= 4 is 17.4 Å². The lowest BCUT2D eigenvalue weighted by atomic mass is 9.99. The minimum atomic E-state index is -1.10. The molecule has 0 saturated heterocycles. The standard InChI is InChI=1S/C19H18FNO4/c1-2-16-15(19(23)24)11-17(25-16)18(22)21-9-7-13(8-10-21)12-3-5-14(20)6-4-12/h3-7,11H,2,8-10H2,1H3,(H,23,24). The van der Waals surface area contributed by atoms with Crippen LogP contribution in [0, 0.1) is 5.82 Å². The Morgan fingerprint density at radius 1 is 1.28 bits per heavy atom. The summed E-state index contributed by atoms with van der Waals surface area (Å²) in [7, 11) is 0. The fraction of sp³-hybridized carbons (Fsp3) is 0.263. The second-order valence-electron chi connectivity index (χ2n) is 5.84. The number of amides is 1. The molecule has 0 spiro atoms. The Balaban J connectivity index is 1.75. The van der Waals surface area contributed by atoms with Gasteiger partial charge in [0.25, 0.3) is 5.91 Å². The fourth-order valence-corrected chi connectivity index (χ4v) is 2.91. The van der Waals surface area contributed by atoms with Gasteiger partial charge in [0.2, 0.25) is 0 Å². The Morgan fingerprint density at radius 2 is 2.00 bits per heavy atom. The predicted molar refractivity (Wildman–Crippen MR) is 89.9 cm³/mol. The highest BCUT2D eigenvalue weighted by Gasteiger charge is 2.25. The molecular weight excluding hydrogens is 325 g/mol. The fourth-order valence-electron chi connectivity index (χ4n) is 2.91. The highest BCUT2D eigenvalue weighted by Crippen LogP contribution is 2.24. The van der Waals surface area contributed by atoms with Crippen LogP contribution in [0.1, 0.15) is 45.6 Å². The molecule has 0 aliphatic carbocycles. The molecule has 0 saturated carbocycles. The number of halogens is 1. The number of hydrogen-bond donors (Lipinski definition) is 1. The van der Waals surface area contributed by atoms with Crippen molar-refractivity contribution in [3.8, 4) is 0 Å². The van der Waals surface area contributed by atoms with Gasteiger partial charge >= 0.3 is 5.97 Å². The average molecular weight is 343 g/mol. The largest absolute Gasteiger partial charge is 0.478 e. The molecule has 2 aromatic rings. The van der Waals surface area contributed by atoms with Gasteiger partial charge in [-0.25, -0.2) is 9.18 Å². The molecule has 2 heterocycles. The lowest BCUT2D eigenvalue weighted by Gasteiger charge is -2.25. The van der Waals surface area contributed by atoms with E-state index >= 15 is 0 Å². The molecule has 1 aromatic heterocycles. The van der Waals surface area contributed by atoms with Gasteiger partial charge in [0.1, 0.15) is 17.1 Å². The lowest BCUT2D eigenvalue weighted by molar-refractivity contribution is 0.0692. The molecule has 0 unspecified atom stereocenters. The van der Waals surface area contributed by atoms with Gasteiger partial charge in [-0.2, -0.15) is 0 Å². The summed E-state index contributed by atoms with van der Waals surface area (Å²) in [4.78, 5) is 25.4. The first-order valence-corrected chi connectivity index (χ1v) is 8.10. The number of carbonyl (C=O) groups is 2. The van der Waals surface area contributed by atoms with Crippen LogP contribution in [0.5, 0.6) is 0 Å². The molecule has 6 heteroatoms. The zero-order valence-corrected chi connectivity index (χ0v) is 13.8. The van der Waals surface area contributed by atoms with E-state index in [1.54, 1.807) is 24.0 Å². The van der Waals surface area contributed by atoms with Crippen molar-refractivity contribution in [1.82, 2.24) is 4.90 Å². The highest BCUT2D eigenvalue weighted by molar-refractivity contribution is 5.96. The van der Waals surface area contributed by atoms with Crippen LogP contribution in [0.15, 0.2) is 40.8 Å². The number of benzene rings is 1. The SMILES string of the molecule is CCc1oc(C(=O)N2CC=C(c3ccc(F)cc3)CC2)cc1C(=O)O. The first-order valence-electron chi connectivity index (χ1n) is 8.10. The van der Waals surface area contributed by atoms with E-state index in [0.717, 1.165) is 11.1 Å². The number of carbonyl (C=O) groups excluding carboxylic acids is 1. The summed E-state index contributed by atoms with van der Waals surface area (Å²) in [5.41, 5.74) is 2.03. The van der Waals surface area contributed by atoms with Crippen molar-refractivity contribution in [2.24, 2.45) is 0 Å². The lowest BCUT2D eigenvalue weighted by Crippen LogP contribution is -2.34. The van der Waals surface area contributed by atoms with Gasteiger partial charge in [0, 0.05) is 25.6 Å². The van der Waals surface area contributed by atoms with E-state index in [2.05, 4.69) is 0 Å². The minimum absolute atomic E-state index is 0.0328. The predicted octanol–water partition coefficient (Wildman–Crippen LogP) is 3.61. The number of furan rings is 1. The summed E-state index contributed by atoms with van der Waals surface area (Å²) in [6.07, 6.45) is 2.98. The van der Waals surface area contributed by atoms with E-state index < -0.39 is 5.97 Å². The van der Waals surface area contributed by atoms with E-state index in [-0.39, 0.29) is 23.0 Å². The molecule has 0 fully saturated rings. The Morgan fingerprint density at radius 3 is 2.52 bits per heavy atom. The van der Waals surface area contributed by atoms with Gasteiger partial charge in [-0.15, -0.1) is 0 Å². The molecular formula is C19H18FNO4. The molecule has 130 valence electrons. The molecule has 1 N–H and O–H groups in total. The van der Waals surface area contributed by atoms with E-state index in [0.29, 0.717) is 31.7 Å². The van der Waals surface area contributed by atoms with Gasteiger partial charge in [0.15, 0.2) is 5.76 Å². The van der Waals surface area contributed by atoms with Crippen molar-refractivity contribution in [3.63, 3.8) is 0 Å². The van der Waals surface area contributed by atoms with Crippen LogP contribution in [-0.4, -0.2) is 35.0 Å². The third kappa shape index (κ3) is 3.47. The highest BCUT2D eigenvalue weighted by atomic mass is 19.1. The van der Waals surface area contributed by atoms with E-state index in [4.69, 9.17) is 9.52 Å². The molecule has 25 heavy (non-hydrogen) atoms. The zero-order chi connectivity index (χ0) is 18.0. The van der Waals surface area contributed by atoms with Crippen molar-refractivity contribution in [2.75, 3.05) is 13.1 Å². The monoisotopic (exact) mass is 343 g/mol. The molecule has 1 aliphatic rings. The number of aromatic carboxylic acids is 1. The number of carboxylic acids is 1. The quantitative estimate of drug-likeness (QED) is 0.921. The molecule has 0 bridgehead atoms. The minimum Gasteiger partial charge on any atom is -0.478 e. The van der Waals surface area contributed by atoms with Gasteiger partial charge in [-0.05, 0) is 29.7 Å². The van der Waals surface area contributed by atoms with Gasteiger partial charge in [-0.1, -0.05) is 25.1 Å². The van der Waals surface area contributed by atoms with Crippen LogP contribution in [0.2, 0.25) is 0 Å². The summed E-state index contributed by atoms with van der Waals surface area (Å²) in [6, 6.07) is 7.56. The third-order valence-corrected chi connectivity index (χ3v) is 4.28. The Kier molecular flexibility index (Phi) is 4.70. The summed E-state index contributed by atoms with van der Waals surface area (Å²) in [6.45, 7) is 2.67. The van der Waals surface area contributed by atoms with Crippen molar-refractivity contribution in [2.45, 2.75) is 19.8 Å². The number of nitrogens with zero attached hydrogens (tertiary/aromatic N) is 1. The summed E-state index contributed by atoms with van der Waals surface area (Å²) < 4.78 is 18.4. The van der Waals surface area contributed by atoms with Gasteiger partial charge in [0.05, 0.1) is 0 Å². The molecule has 1 amide bonds. The summed E-state index contributed by atoms with van der Waals surface area (Å²) in [5.74, 6) is -1.35. The number of carboxylic acid groups (broad SMARTS) is 1. The smallest absolute Gasteiger partial charge is 0.339 e. The van der Waals surface area contributed by atoms with Crippen molar-refractivity contribution in [1.29, 1.82) is 0 Å². The Labute approximate surface area is 144 Å². The Bertz CT molecular complexity index is 836. The van der Waals surface area contributed by atoms with Crippen LogP contribution < -0.4 is 0 Å². The first-order chi connectivity index (χ1) is 12.0. The summed E-state index contributed by atoms with van der Waals surface area (Å²) in [5, 5.41) is 9.16. The normalized spacial score (nSPS) is 14.3. The maximum atomic E-state index is 13.0. The molecule has 0 atom stereocenters. The topological polar surface area (TPSA) is 70.8 Å². The van der Waals surface area contributed by atoms with Crippen molar-refractivity contribution in [3.05, 3.63) is 64.9 Å². The van der Waals surface area contributed by atoms with E-state index in [1.165, 1.54) is 18.2 Å². The van der Waals surface area contributed by atoms with Crippen LogP contribution in [-0.2, 0) is 6.42 Å². The molecule has 1 aliphatic heterocycles. The van der Waals surface area contributed by atoms with Crippen molar-refractivity contribution < 1.29 is 23.5 Å². The van der Waals surface area contributed by atoms with E-state index in [9.17, 15) is 14.0 Å². The maximum Gasteiger partial charge on any atom is 0.339 e. The summed E-state index contributed by atoms with van der Waals surface area (Å²) >= 11 is 0. The number of rotatable bonds is 4. The number of aryl methyl sites for hydroxylation is 1. The average Bonchev–Trinajstić information content (AvgIpc) is 3.07. The van der Waals surface area contributed by atoms with E-state index in [1.807, 2.05) is 6.08 Å². The third-order valence-electron chi connectivity index (χ3n) is 4.28. The molecule has 1 aromatic carbocycles. The molecule has 3 rings (SSSR count). The molecule has 5 nitrogen and oxygen atoms in total.